The molecule has 0 saturated carbocycles. The minimum atomic E-state index is -4.68. The van der Waals surface area contributed by atoms with E-state index in [1.807, 2.05) is 0 Å². The number of halogens is 3. The van der Waals surface area contributed by atoms with E-state index in [0.29, 0.717) is 11.4 Å². The van der Waals surface area contributed by atoms with Gasteiger partial charge in [-0.3, -0.25) is 20.3 Å². The molecule has 11 heteroatoms. The number of alkyl halides is 3. The summed E-state index contributed by atoms with van der Waals surface area (Å²) in [5.74, 6) is -1.84. The van der Waals surface area contributed by atoms with Gasteiger partial charge in [-0.25, -0.2) is 0 Å². The Morgan fingerprint density at radius 3 is 2.48 bits per heavy atom. The number of H-pyrrole nitrogens is 2. The van der Waals surface area contributed by atoms with Gasteiger partial charge >= 0.3 is 6.18 Å². The Balaban J connectivity index is 1.73. The molecule has 0 saturated heterocycles. The number of aromatic amines is 2. The highest BCUT2D eigenvalue weighted by Gasteiger charge is 2.35. The second-order valence-corrected chi connectivity index (χ2v) is 4.85. The molecule has 0 aliphatic heterocycles. The van der Waals surface area contributed by atoms with Crippen molar-refractivity contribution in [3.05, 3.63) is 41.9 Å². The molecule has 130 valence electrons. The molecule has 2 heterocycles. The molecule has 0 aliphatic carbocycles. The maximum atomic E-state index is 12.4. The van der Waals surface area contributed by atoms with E-state index in [1.54, 1.807) is 36.5 Å². The molecule has 0 radical (unpaired) electrons. The van der Waals surface area contributed by atoms with E-state index >= 15 is 0 Å². The second-order valence-electron chi connectivity index (χ2n) is 4.85. The highest BCUT2D eigenvalue weighted by molar-refractivity contribution is 6.02. The van der Waals surface area contributed by atoms with Crippen molar-refractivity contribution in [3.8, 4) is 17.0 Å². The van der Waals surface area contributed by atoms with Crippen molar-refractivity contribution < 1.29 is 22.7 Å². The molecule has 0 bridgehead atoms. The van der Waals surface area contributed by atoms with E-state index in [9.17, 15) is 18.0 Å². The van der Waals surface area contributed by atoms with Gasteiger partial charge < -0.3 is 4.74 Å². The number of hydrogen-bond donors (Lipinski definition) is 3. The van der Waals surface area contributed by atoms with Gasteiger partial charge in [0.15, 0.2) is 0 Å². The van der Waals surface area contributed by atoms with Gasteiger partial charge in [0.25, 0.3) is 5.91 Å². The standard InChI is InChI=1S/C14H11F3N6O2/c1-25-8-4-2-7(3-5-8)9-6-10(21-20-9)11(24)18-13-19-12(22-23-13)14(15,16)17/h2-6H,1H3,(H,20,21)(H2,18,19,22,23,24). The summed E-state index contributed by atoms with van der Waals surface area (Å²) in [7, 11) is 1.54. The van der Waals surface area contributed by atoms with E-state index in [2.05, 4.69) is 25.6 Å². The third-order valence-corrected chi connectivity index (χ3v) is 3.19. The van der Waals surface area contributed by atoms with Crippen molar-refractivity contribution in [1.82, 2.24) is 25.4 Å². The number of hydrogen-bond acceptors (Lipinski definition) is 5. The molecule has 0 unspecified atom stereocenters. The van der Waals surface area contributed by atoms with E-state index in [0.717, 1.165) is 5.56 Å². The first-order valence-electron chi connectivity index (χ1n) is 6.87. The molecule has 0 fully saturated rings. The molecule has 0 aliphatic rings. The zero-order valence-electron chi connectivity index (χ0n) is 12.7. The average molecular weight is 352 g/mol. The van der Waals surface area contributed by atoms with Crippen molar-refractivity contribution in [2.45, 2.75) is 6.18 Å². The Bertz CT molecular complexity index is 885. The average Bonchev–Trinajstić information content (AvgIpc) is 3.24. The summed E-state index contributed by atoms with van der Waals surface area (Å²) in [6, 6.07) is 8.42. The smallest absolute Gasteiger partial charge is 0.451 e. The van der Waals surface area contributed by atoms with Gasteiger partial charge in [-0.1, -0.05) is 0 Å². The minimum Gasteiger partial charge on any atom is -0.497 e. The number of carbonyl (C=O) groups excluding carboxylic acids is 1. The van der Waals surface area contributed by atoms with Crippen molar-refractivity contribution in [3.63, 3.8) is 0 Å². The number of anilines is 1. The van der Waals surface area contributed by atoms with Crippen molar-refractivity contribution >= 4 is 11.9 Å². The summed E-state index contributed by atoms with van der Waals surface area (Å²) in [5.41, 5.74) is 1.26. The van der Waals surface area contributed by atoms with Crippen LogP contribution in [-0.4, -0.2) is 38.4 Å². The summed E-state index contributed by atoms with van der Waals surface area (Å²) in [6.07, 6.45) is -4.68. The van der Waals surface area contributed by atoms with Gasteiger partial charge in [0, 0.05) is 5.56 Å². The molecule has 25 heavy (non-hydrogen) atoms. The fourth-order valence-electron chi connectivity index (χ4n) is 1.96. The normalized spacial score (nSPS) is 11.4. The van der Waals surface area contributed by atoms with Gasteiger partial charge in [-0.15, -0.1) is 5.10 Å². The monoisotopic (exact) mass is 352 g/mol. The van der Waals surface area contributed by atoms with Crippen LogP contribution in [-0.2, 0) is 6.18 Å². The van der Waals surface area contributed by atoms with E-state index < -0.39 is 23.9 Å². The molecule has 3 aromatic rings. The highest BCUT2D eigenvalue weighted by atomic mass is 19.4. The van der Waals surface area contributed by atoms with E-state index in [4.69, 9.17) is 4.74 Å². The van der Waals surface area contributed by atoms with Crippen LogP contribution in [0, 0.1) is 0 Å². The molecule has 0 spiro atoms. The number of nitrogens with zero attached hydrogens (tertiary/aromatic N) is 3. The van der Waals surface area contributed by atoms with E-state index in [-0.39, 0.29) is 5.69 Å². The number of ether oxygens (including phenoxy) is 1. The Morgan fingerprint density at radius 1 is 1.16 bits per heavy atom. The molecular formula is C14H11F3N6O2. The fraction of sp³-hybridized carbons (Fsp3) is 0.143. The zero-order valence-corrected chi connectivity index (χ0v) is 12.7. The number of amides is 1. The van der Waals surface area contributed by atoms with Crippen molar-refractivity contribution in [2.75, 3.05) is 12.4 Å². The summed E-state index contributed by atoms with van der Waals surface area (Å²) in [5, 5.41) is 13.7. The van der Waals surface area contributed by atoms with Gasteiger partial charge in [0.2, 0.25) is 11.8 Å². The van der Waals surface area contributed by atoms with Crippen LogP contribution in [0.5, 0.6) is 5.75 Å². The molecular weight excluding hydrogens is 341 g/mol. The van der Waals surface area contributed by atoms with Crippen LogP contribution in [0.15, 0.2) is 30.3 Å². The first-order chi connectivity index (χ1) is 11.9. The summed E-state index contributed by atoms with van der Waals surface area (Å²) < 4.78 is 42.4. The first-order valence-corrected chi connectivity index (χ1v) is 6.87. The molecule has 0 atom stereocenters. The zero-order chi connectivity index (χ0) is 18.0. The number of rotatable bonds is 4. The van der Waals surface area contributed by atoms with Crippen molar-refractivity contribution in [1.29, 1.82) is 0 Å². The molecule has 8 nitrogen and oxygen atoms in total. The topological polar surface area (TPSA) is 109 Å². The van der Waals surface area contributed by atoms with Crippen LogP contribution >= 0.6 is 0 Å². The summed E-state index contributed by atoms with van der Waals surface area (Å²) in [6.45, 7) is 0. The lowest BCUT2D eigenvalue weighted by Gasteiger charge is -2.00. The minimum absolute atomic E-state index is 0.0455. The van der Waals surface area contributed by atoms with Gasteiger partial charge in [0.1, 0.15) is 11.4 Å². The Morgan fingerprint density at radius 2 is 1.88 bits per heavy atom. The SMILES string of the molecule is COc1ccc(-c2cc(C(=O)Nc3n[nH]c(C(F)(F)F)n3)[nH]n2)cc1. The van der Waals surface area contributed by atoms with Crippen LogP contribution in [0.3, 0.4) is 0 Å². The molecule has 1 aromatic carbocycles. The lowest BCUT2D eigenvalue weighted by atomic mass is 10.1. The number of methoxy groups -OCH3 is 1. The van der Waals surface area contributed by atoms with Crippen LogP contribution in [0.1, 0.15) is 16.3 Å². The first kappa shape index (κ1) is 16.5. The second kappa shape index (κ2) is 6.26. The summed E-state index contributed by atoms with van der Waals surface area (Å²) in [4.78, 5) is 15.2. The Labute approximate surface area is 138 Å². The number of aromatic nitrogens is 5. The lowest BCUT2D eigenvalue weighted by molar-refractivity contribution is -0.144. The molecule has 2 aromatic heterocycles. The largest absolute Gasteiger partial charge is 0.497 e. The van der Waals surface area contributed by atoms with Gasteiger partial charge in [-0.05, 0) is 30.3 Å². The third kappa shape index (κ3) is 3.59. The van der Waals surface area contributed by atoms with Crippen LogP contribution < -0.4 is 10.1 Å². The van der Waals surface area contributed by atoms with Crippen LogP contribution in [0.25, 0.3) is 11.3 Å². The number of carbonyl (C=O) groups is 1. The predicted molar refractivity (Wildman–Crippen MR) is 79.9 cm³/mol. The van der Waals surface area contributed by atoms with E-state index in [1.165, 1.54) is 6.07 Å². The van der Waals surface area contributed by atoms with Gasteiger partial charge in [0.05, 0.1) is 12.8 Å². The maximum Gasteiger partial charge on any atom is 0.451 e. The predicted octanol–water partition coefficient (Wildman–Crippen LogP) is 2.47. The third-order valence-electron chi connectivity index (χ3n) is 3.19. The molecule has 1 amide bonds. The van der Waals surface area contributed by atoms with Crippen LogP contribution in [0.2, 0.25) is 0 Å². The Kier molecular flexibility index (Phi) is 4.13. The maximum absolute atomic E-state index is 12.4. The highest BCUT2D eigenvalue weighted by Crippen LogP contribution is 2.26. The molecule has 3 rings (SSSR count). The van der Waals surface area contributed by atoms with Crippen LogP contribution in [0.4, 0.5) is 19.1 Å². The lowest BCUT2D eigenvalue weighted by Crippen LogP contribution is -2.14. The number of nitrogens with one attached hydrogen (secondary N) is 3. The fourth-order valence-corrected chi connectivity index (χ4v) is 1.96. The number of benzene rings is 1. The van der Waals surface area contributed by atoms with Gasteiger partial charge in [-0.2, -0.15) is 23.3 Å². The Hall–Kier alpha value is -3.37. The van der Waals surface area contributed by atoms with Crippen molar-refractivity contribution in [2.24, 2.45) is 0 Å². The summed E-state index contributed by atoms with van der Waals surface area (Å²) >= 11 is 0. The quantitative estimate of drug-likeness (QED) is 0.668. The molecule has 3 N–H and O–H groups in total.